The maximum absolute atomic E-state index is 5.30. The van der Waals surface area contributed by atoms with E-state index < -0.39 is 0 Å². The highest BCUT2D eigenvalue weighted by Gasteiger charge is 2.08. The molecule has 15 heavy (non-hydrogen) atoms. The van der Waals surface area contributed by atoms with E-state index >= 15 is 0 Å². The first-order valence-electron chi connectivity index (χ1n) is 4.68. The van der Waals surface area contributed by atoms with Crippen molar-refractivity contribution in [1.29, 1.82) is 0 Å². The van der Waals surface area contributed by atoms with E-state index in [2.05, 4.69) is 26.2 Å². The van der Waals surface area contributed by atoms with Crippen molar-refractivity contribution in [2.24, 2.45) is 0 Å². The van der Waals surface area contributed by atoms with Gasteiger partial charge in [-0.15, -0.1) is 0 Å². The molecule has 0 spiro atoms. The molecule has 0 aromatic carbocycles. The van der Waals surface area contributed by atoms with Crippen LogP contribution in [0.15, 0.2) is 45.6 Å². The van der Waals surface area contributed by atoms with Crippen LogP contribution >= 0.6 is 15.9 Å². The van der Waals surface area contributed by atoms with Crippen LogP contribution in [0.25, 0.3) is 0 Å². The number of nitrogens with zero attached hydrogens (tertiary/aromatic N) is 1. The average molecular weight is 267 g/mol. The standard InChI is InChI=1S/C11H11BrN2O/c1-8(9-4-3-7-15-9)13-11-6-2-5-10(12)14-11/h2-8H,1H3,(H,13,14). The Morgan fingerprint density at radius 2 is 2.20 bits per heavy atom. The summed E-state index contributed by atoms with van der Waals surface area (Å²) in [5.74, 6) is 1.73. The highest BCUT2D eigenvalue weighted by Crippen LogP contribution is 2.19. The van der Waals surface area contributed by atoms with Gasteiger partial charge >= 0.3 is 0 Å². The molecular formula is C11H11BrN2O. The number of furan rings is 1. The third kappa shape index (κ3) is 2.59. The van der Waals surface area contributed by atoms with Crippen molar-refractivity contribution >= 4 is 21.7 Å². The van der Waals surface area contributed by atoms with Crippen molar-refractivity contribution in [2.45, 2.75) is 13.0 Å². The van der Waals surface area contributed by atoms with Crippen LogP contribution in [0.4, 0.5) is 5.82 Å². The third-order valence-electron chi connectivity index (χ3n) is 2.05. The van der Waals surface area contributed by atoms with Gasteiger partial charge in [0.15, 0.2) is 0 Å². The fraction of sp³-hybridized carbons (Fsp3) is 0.182. The first kappa shape index (κ1) is 10.2. The first-order valence-corrected chi connectivity index (χ1v) is 5.47. The molecule has 78 valence electrons. The zero-order valence-electron chi connectivity index (χ0n) is 8.27. The Bertz CT molecular complexity index is 428. The van der Waals surface area contributed by atoms with Gasteiger partial charge in [-0.3, -0.25) is 0 Å². The van der Waals surface area contributed by atoms with Crippen molar-refractivity contribution in [3.63, 3.8) is 0 Å². The van der Waals surface area contributed by atoms with E-state index in [9.17, 15) is 0 Å². The minimum atomic E-state index is 0.113. The molecule has 0 aliphatic heterocycles. The van der Waals surface area contributed by atoms with E-state index in [1.807, 2.05) is 37.3 Å². The Labute approximate surface area is 96.6 Å². The highest BCUT2D eigenvalue weighted by atomic mass is 79.9. The molecule has 2 aromatic rings. The summed E-state index contributed by atoms with van der Waals surface area (Å²) in [5.41, 5.74) is 0. The maximum Gasteiger partial charge on any atom is 0.127 e. The molecule has 3 nitrogen and oxygen atoms in total. The van der Waals surface area contributed by atoms with Gasteiger partial charge in [0.2, 0.25) is 0 Å². The van der Waals surface area contributed by atoms with Crippen molar-refractivity contribution in [2.75, 3.05) is 5.32 Å². The number of hydrogen-bond donors (Lipinski definition) is 1. The number of anilines is 1. The van der Waals surface area contributed by atoms with Crippen LogP contribution in [0.3, 0.4) is 0 Å². The van der Waals surface area contributed by atoms with Gasteiger partial charge in [0.1, 0.15) is 16.2 Å². The molecule has 0 amide bonds. The SMILES string of the molecule is CC(Nc1cccc(Br)n1)c1ccco1. The molecule has 0 aliphatic carbocycles. The van der Waals surface area contributed by atoms with Crippen LogP contribution in [0.2, 0.25) is 0 Å². The monoisotopic (exact) mass is 266 g/mol. The molecule has 2 rings (SSSR count). The zero-order valence-corrected chi connectivity index (χ0v) is 9.86. The minimum absolute atomic E-state index is 0.113. The molecule has 0 aliphatic rings. The van der Waals surface area contributed by atoms with Crippen LogP contribution in [0.1, 0.15) is 18.7 Å². The van der Waals surface area contributed by atoms with Gasteiger partial charge in [0.05, 0.1) is 12.3 Å². The maximum atomic E-state index is 5.30. The number of rotatable bonds is 3. The normalized spacial score (nSPS) is 12.4. The number of halogens is 1. The van der Waals surface area contributed by atoms with Crippen molar-refractivity contribution in [1.82, 2.24) is 4.98 Å². The number of hydrogen-bond acceptors (Lipinski definition) is 3. The lowest BCUT2D eigenvalue weighted by Crippen LogP contribution is -2.06. The number of aromatic nitrogens is 1. The van der Waals surface area contributed by atoms with E-state index in [0.29, 0.717) is 0 Å². The molecule has 1 unspecified atom stereocenters. The molecule has 4 heteroatoms. The largest absolute Gasteiger partial charge is 0.467 e. The Morgan fingerprint density at radius 3 is 2.87 bits per heavy atom. The van der Waals surface area contributed by atoms with Crippen LogP contribution in [-0.4, -0.2) is 4.98 Å². The summed E-state index contributed by atoms with van der Waals surface area (Å²) < 4.78 is 6.11. The van der Waals surface area contributed by atoms with E-state index in [1.165, 1.54) is 0 Å². The smallest absolute Gasteiger partial charge is 0.127 e. The van der Waals surface area contributed by atoms with Gasteiger partial charge < -0.3 is 9.73 Å². The van der Waals surface area contributed by atoms with Gasteiger partial charge in [-0.1, -0.05) is 6.07 Å². The van der Waals surface area contributed by atoms with Crippen molar-refractivity contribution < 1.29 is 4.42 Å². The van der Waals surface area contributed by atoms with Crippen molar-refractivity contribution in [3.8, 4) is 0 Å². The molecule has 0 saturated heterocycles. The van der Waals surface area contributed by atoms with E-state index in [-0.39, 0.29) is 6.04 Å². The van der Waals surface area contributed by atoms with Gasteiger partial charge in [0, 0.05) is 0 Å². The summed E-state index contributed by atoms with van der Waals surface area (Å²) in [6.07, 6.45) is 1.67. The lowest BCUT2D eigenvalue weighted by molar-refractivity contribution is 0.490. The topological polar surface area (TPSA) is 38.1 Å². The van der Waals surface area contributed by atoms with E-state index in [1.54, 1.807) is 6.26 Å². The van der Waals surface area contributed by atoms with Crippen LogP contribution in [0, 0.1) is 0 Å². The van der Waals surface area contributed by atoms with E-state index in [0.717, 1.165) is 16.2 Å². The molecule has 1 N–H and O–H groups in total. The quantitative estimate of drug-likeness (QED) is 0.863. The zero-order chi connectivity index (χ0) is 10.7. The minimum Gasteiger partial charge on any atom is -0.467 e. The molecular weight excluding hydrogens is 256 g/mol. The van der Waals surface area contributed by atoms with Gasteiger partial charge in [-0.05, 0) is 47.1 Å². The summed E-state index contributed by atoms with van der Waals surface area (Å²) in [5, 5.41) is 3.25. The summed E-state index contributed by atoms with van der Waals surface area (Å²) in [6, 6.07) is 9.68. The third-order valence-corrected chi connectivity index (χ3v) is 2.49. The molecule has 2 heterocycles. The summed E-state index contributed by atoms with van der Waals surface area (Å²) in [7, 11) is 0. The van der Waals surface area contributed by atoms with Gasteiger partial charge in [-0.25, -0.2) is 4.98 Å². The van der Waals surface area contributed by atoms with Crippen LogP contribution < -0.4 is 5.32 Å². The lowest BCUT2D eigenvalue weighted by atomic mass is 10.2. The predicted molar refractivity (Wildman–Crippen MR) is 62.7 cm³/mol. The Balaban J connectivity index is 2.09. The fourth-order valence-electron chi connectivity index (χ4n) is 1.32. The fourth-order valence-corrected chi connectivity index (χ4v) is 1.66. The number of pyridine rings is 1. The molecule has 2 aromatic heterocycles. The molecule has 0 bridgehead atoms. The summed E-state index contributed by atoms with van der Waals surface area (Å²) >= 11 is 3.33. The predicted octanol–water partition coefficient (Wildman–Crippen LogP) is 3.61. The molecule has 0 fully saturated rings. The second-order valence-electron chi connectivity index (χ2n) is 3.23. The van der Waals surface area contributed by atoms with E-state index in [4.69, 9.17) is 4.42 Å². The molecule has 0 radical (unpaired) electrons. The Morgan fingerprint density at radius 1 is 1.33 bits per heavy atom. The van der Waals surface area contributed by atoms with Gasteiger partial charge in [0.25, 0.3) is 0 Å². The Kier molecular flexibility index (Phi) is 3.06. The highest BCUT2D eigenvalue weighted by molar-refractivity contribution is 9.10. The number of nitrogens with one attached hydrogen (secondary N) is 1. The molecule has 1 atom stereocenters. The Hall–Kier alpha value is -1.29. The van der Waals surface area contributed by atoms with Gasteiger partial charge in [-0.2, -0.15) is 0 Å². The second kappa shape index (κ2) is 4.49. The van der Waals surface area contributed by atoms with Crippen LogP contribution in [0.5, 0.6) is 0 Å². The average Bonchev–Trinajstić information content (AvgIpc) is 2.70. The first-order chi connectivity index (χ1) is 7.25. The van der Waals surface area contributed by atoms with Crippen LogP contribution in [-0.2, 0) is 0 Å². The molecule has 0 saturated carbocycles. The van der Waals surface area contributed by atoms with Crippen molar-refractivity contribution in [3.05, 3.63) is 47.0 Å². The summed E-state index contributed by atoms with van der Waals surface area (Å²) in [4.78, 5) is 4.29. The second-order valence-corrected chi connectivity index (χ2v) is 4.04. The summed E-state index contributed by atoms with van der Waals surface area (Å²) in [6.45, 7) is 2.03. The lowest BCUT2D eigenvalue weighted by Gasteiger charge is -2.11.